The Morgan fingerprint density at radius 1 is 1.53 bits per heavy atom. The highest BCUT2D eigenvalue weighted by molar-refractivity contribution is 6.30. The number of nitrogens with one attached hydrogen (secondary N) is 2. The smallest absolute Gasteiger partial charge is 0.328 e. The first-order valence-corrected chi connectivity index (χ1v) is 6.22. The molecule has 7 heteroatoms. The molecule has 0 aliphatic carbocycles. The summed E-state index contributed by atoms with van der Waals surface area (Å²) in [6, 6.07) is 3.74. The summed E-state index contributed by atoms with van der Waals surface area (Å²) < 4.78 is 6.61. The first kappa shape index (κ1) is 13.6. The van der Waals surface area contributed by atoms with E-state index in [0.717, 1.165) is 5.76 Å². The minimum Gasteiger partial charge on any atom is -0.468 e. The number of rotatable bonds is 5. The summed E-state index contributed by atoms with van der Waals surface area (Å²) >= 11 is 5.67. The predicted molar refractivity (Wildman–Crippen MR) is 71.5 cm³/mol. The maximum Gasteiger partial charge on any atom is 0.328 e. The van der Waals surface area contributed by atoms with Crippen molar-refractivity contribution in [2.45, 2.75) is 19.5 Å². The number of nitrogens with zero attached hydrogens (tertiary/aromatic N) is 1. The Morgan fingerprint density at radius 3 is 3.00 bits per heavy atom. The van der Waals surface area contributed by atoms with E-state index in [1.807, 2.05) is 19.1 Å². The summed E-state index contributed by atoms with van der Waals surface area (Å²) in [5.41, 5.74) is -1.04. The molecule has 0 fully saturated rings. The minimum absolute atomic E-state index is 0.00122. The zero-order valence-corrected chi connectivity index (χ0v) is 11.1. The van der Waals surface area contributed by atoms with Crippen molar-refractivity contribution in [3.05, 3.63) is 56.2 Å². The molecule has 0 aliphatic rings. The number of aromatic nitrogens is 2. The first-order chi connectivity index (χ1) is 9.08. The Balaban J connectivity index is 1.95. The average Bonchev–Trinajstić information content (AvgIpc) is 2.89. The molecule has 0 radical (unpaired) electrons. The van der Waals surface area contributed by atoms with Crippen molar-refractivity contribution >= 4 is 11.6 Å². The van der Waals surface area contributed by atoms with Gasteiger partial charge in [-0.3, -0.25) is 14.3 Å². The zero-order chi connectivity index (χ0) is 13.8. The summed E-state index contributed by atoms with van der Waals surface area (Å²) in [5.74, 6) is 0.826. The molecule has 0 aliphatic heterocycles. The molecule has 2 aromatic rings. The van der Waals surface area contributed by atoms with Crippen LogP contribution in [0.2, 0.25) is 5.02 Å². The van der Waals surface area contributed by atoms with Crippen LogP contribution in [0.15, 0.2) is 38.6 Å². The molecule has 1 atom stereocenters. The van der Waals surface area contributed by atoms with Crippen LogP contribution >= 0.6 is 11.6 Å². The van der Waals surface area contributed by atoms with Crippen LogP contribution in [0.25, 0.3) is 0 Å². The summed E-state index contributed by atoms with van der Waals surface area (Å²) in [7, 11) is 0. The van der Waals surface area contributed by atoms with Gasteiger partial charge < -0.3 is 9.73 Å². The largest absolute Gasteiger partial charge is 0.468 e. The Morgan fingerprint density at radius 2 is 2.32 bits per heavy atom. The fourth-order valence-corrected chi connectivity index (χ4v) is 1.85. The molecule has 0 bridgehead atoms. The average molecular weight is 284 g/mol. The Hall–Kier alpha value is -1.79. The van der Waals surface area contributed by atoms with Crippen molar-refractivity contribution < 1.29 is 4.42 Å². The monoisotopic (exact) mass is 283 g/mol. The van der Waals surface area contributed by atoms with E-state index in [4.69, 9.17) is 16.0 Å². The van der Waals surface area contributed by atoms with Gasteiger partial charge in [0.25, 0.3) is 5.56 Å². The highest BCUT2D eigenvalue weighted by Crippen LogP contribution is 2.11. The molecule has 0 spiro atoms. The molecule has 2 heterocycles. The van der Waals surface area contributed by atoms with Crippen LogP contribution in [-0.2, 0) is 6.54 Å². The Bertz CT molecular complexity index is 645. The summed E-state index contributed by atoms with van der Waals surface area (Å²) in [6.07, 6.45) is 2.95. The normalized spacial score (nSPS) is 12.5. The number of hydrogen-bond acceptors (Lipinski definition) is 4. The van der Waals surface area contributed by atoms with Crippen LogP contribution in [0.3, 0.4) is 0 Å². The zero-order valence-electron chi connectivity index (χ0n) is 10.4. The molecule has 102 valence electrons. The molecule has 19 heavy (non-hydrogen) atoms. The van der Waals surface area contributed by atoms with Crippen molar-refractivity contribution in [1.82, 2.24) is 14.9 Å². The van der Waals surface area contributed by atoms with Crippen molar-refractivity contribution in [2.75, 3.05) is 6.54 Å². The maximum atomic E-state index is 11.5. The van der Waals surface area contributed by atoms with Crippen molar-refractivity contribution in [3.8, 4) is 0 Å². The molecule has 0 aromatic carbocycles. The van der Waals surface area contributed by atoms with E-state index in [1.165, 1.54) is 10.8 Å². The third-order valence-corrected chi connectivity index (χ3v) is 3.01. The fraction of sp³-hybridized carbons (Fsp3) is 0.333. The van der Waals surface area contributed by atoms with Crippen LogP contribution in [0.4, 0.5) is 0 Å². The first-order valence-electron chi connectivity index (χ1n) is 5.84. The molecular weight excluding hydrogens is 270 g/mol. The second kappa shape index (κ2) is 5.90. The number of aromatic amines is 1. The highest BCUT2D eigenvalue weighted by Gasteiger charge is 2.07. The summed E-state index contributed by atoms with van der Waals surface area (Å²) in [6.45, 7) is 2.91. The lowest BCUT2D eigenvalue weighted by Crippen LogP contribution is -2.33. The summed E-state index contributed by atoms with van der Waals surface area (Å²) in [5, 5.41) is 3.21. The van der Waals surface area contributed by atoms with E-state index in [-0.39, 0.29) is 11.1 Å². The van der Waals surface area contributed by atoms with Gasteiger partial charge in [-0.2, -0.15) is 0 Å². The lowest BCUT2D eigenvalue weighted by atomic mass is 10.2. The van der Waals surface area contributed by atoms with Gasteiger partial charge in [0.05, 0.1) is 12.3 Å². The molecular formula is C12H14ClN3O3. The SMILES string of the molecule is CC(NCCn1cc(Cl)c(=O)[nH]c1=O)c1ccco1. The lowest BCUT2D eigenvalue weighted by Gasteiger charge is -2.12. The highest BCUT2D eigenvalue weighted by atomic mass is 35.5. The standard InChI is InChI=1S/C12H14ClN3O3/c1-8(10-3-2-6-19-10)14-4-5-16-7-9(13)11(17)15-12(16)18/h2-3,6-8,14H,4-5H2,1H3,(H,15,17,18). The second-order valence-electron chi connectivity index (χ2n) is 4.12. The van der Waals surface area contributed by atoms with Crippen molar-refractivity contribution in [1.29, 1.82) is 0 Å². The molecule has 0 saturated carbocycles. The van der Waals surface area contributed by atoms with Crippen molar-refractivity contribution in [2.24, 2.45) is 0 Å². The van der Waals surface area contributed by atoms with Crippen LogP contribution in [0, 0.1) is 0 Å². The van der Waals surface area contributed by atoms with Gasteiger partial charge in [-0.1, -0.05) is 11.6 Å². The van der Waals surface area contributed by atoms with Gasteiger partial charge in [0.2, 0.25) is 0 Å². The van der Waals surface area contributed by atoms with Gasteiger partial charge in [0, 0.05) is 19.3 Å². The van der Waals surface area contributed by atoms with E-state index in [2.05, 4.69) is 10.3 Å². The molecule has 1 unspecified atom stereocenters. The lowest BCUT2D eigenvalue weighted by molar-refractivity contribution is 0.421. The Labute approximate surface area is 114 Å². The second-order valence-corrected chi connectivity index (χ2v) is 4.53. The van der Waals surface area contributed by atoms with Crippen LogP contribution < -0.4 is 16.6 Å². The number of halogens is 1. The van der Waals surface area contributed by atoms with Crippen molar-refractivity contribution in [3.63, 3.8) is 0 Å². The molecule has 6 nitrogen and oxygen atoms in total. The van der Waals surface area contributed by atoms with Gasteiger partial charge >= 0.3 is 5.69 Å². The van der Waals surface area contributed by atoms with E-state index < -0.39 is 11.2 Å². The van der Waals surface area contributed by atoms with Gasteiger partial charge in [0.1, 0.15) is 10.8 Å². The third-order valence-electron chi connectivity index (χ3n) is 2.74. The topological polar surface area (TPSA) is 80.0 Å². The summed E-state index contributed by atoms with van der Waals surface area (Å²) in [4.78, 5) is 24.7. The van der Waals surface area contributed by atoms with Gasteiger partial charge in [-0.25, -0.2) is 4.79 Å². The third kappa shape index (κ3) is 3.36. The van der Waals surface area contributed by atoms with E-state index in [9.17, 15) is 9.59 Å². The van der Waals surface area contributed by atoms with Crippen LogP contribution in [0.5, 0.6) is 0 Å². The molecule has 0 amide bonds. The predicted octanol–water partition coefficient (Wildman–Crippen LogP) is 1.13. The van der Waals surface area contributed by atoms with Gasteiger partial charge in [0.15, 0.2) is 0 Å². The van der Waals surface area contributed by atoms with E-state index in [0.29, 0.717) is 13.1 Å². The Kier molecular flexibility index (Phi) is 4.24. The minimum atomic E-state index is -0.570. The quantitative estimate of drug-likeness (QED) is 0.862. The maximum absolute atomic E-state index is 11.5. The number of hydrogen-bond donors (Lipinski definition) is 2. The molecule has 2 aromatic heterocycles. The molecule has 0 saturated heterocycles. The molecule has 2 N–H and O–H groups in total. The van der Waals surface area contributed by atoms with Gasteiger partial charge in [-0.15, -0.1) is 0 Å². The van der Waals surface area contributed by atoms with Gasteiger partial charge in [-0.05, 0) is 19.1 Å². The number of H-pyrrole nitrogens is 1. The molecule has 2 rings (SSSR count). The number of furan rings is 1. The fourth-order valence-electron chi connectivity index (χ4n) is 1.69. The van der Waals surface area contributed by atoms with Crippen LogP contribution in [0.1, 0.15) is 18.7 Å². The van der Waals surface area contributed by atoms with Crippen LogP contribution in [-0.4, -0.2) is 16.1 Å². The van der Waals surface area contributed by atoms with E-state index >= 15 is 0 Å². The van der Waals surface area contributed by atoms with E-state index in [1.54, 1.807) is 6.26 Å².